The quantitative estimate of drug-likeness (QED) is 0.0634. The Morgan fingerprint density at radius 2 is 1.09 bits per heavy atom. The predicted octanol–water partition coefficient (Wildman–Crippen LogP) is 12.9. The summed E-state index contributed by atoms with van der Waals surface area (Å²) in [4.78, 5) is 47.5. The van der Waals surface area contributed by atoms with E-state index in [1.165, 1.54) is 24.3 Å². The molecule has 4 saturated carbocycles. The van der Waals surface area contributed by atoms with Crippen LogP contribution in [0.3, 0.4) is 0 Å². The van der Waals surface area contributed by atoms with Gasteiger partial charge in [0.05, 0.1) is 33.3 Å². The van der Waals surface area contributed by atoms with Crippen molar-refractivity contribution in [2.45, 2.75) is 178 Å². The second-order valence-electron chi connectivity index (χ2n) is 25.6. The maximum absolute atomic E-state index is 13.4. The van der Waals surface area contributed by atoms with Gasteiger partial charge < -0.3 is 44.0 Å². The molecule has 20 heteroatoms. The number of halogens is 5. The topological polar surface area (TPSA) is 180 Å². The van der Waals surface area contributed by atoms with Crippen LogP contribution in [0.5, 0.6) is 23.0 Å². The van der Waals surface area contributed by atoms with E-state index in [4.69, 9.17) is 36.4 Å². The number of nitrogens with one attached hydrogen (secondary N) is 1. The van der Waals surface area contributed by atoms with Gasteiger partial charge in [-0.2, -0.15) is 0 Å². The lowest BCUT2D eigenvalue weighted by Crippen LogP contribution is -2.41. The summed E-state index contributed by atoms with van der Waals surface area (Å²) in [6, 6.07) is 32.9. The van der Waals surface area contributed by atoms with Gasteiger partial charge in [0.2, 0.25) is 0 Å². The van der Waals surface area contributed by atoms with Crippen molar-refractivity contribution in [3.05, 3.63) is 159 Å². The number of aromatic nitrogens is 2. The number of nitrogens with two attached hydrogens (primary N) is 1. The molecule has 0 spiro atoms. The monoisotopic (exact) mass is 1190 g/mol. The molecule has 6 aromatic rings. The van der Waals surface area contributed by atoms with Crippen molar-refractivity contribution in [1.29, 1.82) is 0 Å². The van der Waals surface area contributed by atoms with Crippen LogP contribution < -0.4 is 35.5 Å². The number of nitrogens with zero attached hydrogens (tertiary/aromatic N) is 2. The lowest BCUT2D eigenvalue weighted by molar-refractivity contribution is -0.287. The van der Waals surface area contributed by atoms with Gasteiger partial charge in [-0.05, 0) is 195 Å². The summed E-state index contributed by atoms with van der Waals surface area (Å²) in [6.07, 6.45) is -0.967. The number of amides is 1. The molecule has 1 amide bonds. The third-order valence-electron chi connectivity index (χ3n) is 17.4. The predicted molar refractivity (Wildman–Crippen MR) is 310 cm³/mol. The number of carbonyl (C=O) groups is 3. The number of pyridine rings is 2. The van der Waals surface area contributed by atoms with Gasteiger partial charge >= 0.3 is 25.8 Å². The van der Waals surface area contributed by atoms with Crippen molar-refractivity contribution in [3.63, 3.8) is 0 Å². The van der Waals surface area contributed by atoms with Gasteiger partial charge in [0.15, 0.2) is 23.0 Å². The zero-order chi connectivity index (χ0) is 60.9. The van der Waals surface area contributed by atoms with Gasteiger partial charge in [-0.25, -0.2) is 9.78 Å². The Morgan fingerprint density at radius 3 is 1.59 bits per heavy atom. The van der Waals surface area contributed by atoms with Crippen LogP contribution in [-0.2, 0) is 58.4 Å². The molecule has 446 valence electrons. The van der Waals surface area contributed by atoms with Gasteiger partial charge in [0.25, 0.3) is 0 Å². The Balaban J connectivity index is 0.000000135. The van der Waals surface area contributed by atoms with E-state index in [2.05, 4.69) is 47.4 Å². The SMILES string of the molecule is CC(C)(C)OC(=O)NC1(c2cccc(B3OC(C)(C)C(C)(C)O3)c2)CC1.Cc1ccc(CC(=O)C2(c3ccc4c(c3)OC(F)(F)O4)CC2)nc1-c1cccc(C2(N)CC2)c1.Cc1ccc(CC(=O)C2(c3ccc4c(c3)OC(F)(F)O4)CC2)nc1Cl. The zero-order valence-electron chi connectivity index (χ0n) is 49.0. The summed E-state index contributed by atoms with van der Waals surface area (Å²) in [5.41, 5.74) is 12.6. The first-order valence-corrected chi connectivity index (χ1v) is 29.0. The molecule has 5 heterocycles. The number of Topliss-reactive ketones (excluding diaryl/α,β-unsaturated/α-hetero) is 2. The maximum atomic E-state index is 13.4. The number of ether oxygens (including phenoxy) is 5. The molecule has 3 aliphatic heterocycles. The molecule has 13 rings (SSSR count). The van der Waals surface area contributed by atoms with Gasteiger partial charge in [0.1, 0.15) is 22.3 Å². The Labute approximate surface area is 496 Å². The fourth-order valence-corrected chi connectivity index (χ4v) is 11.1. The zero-order valence-corrected chi connectivity index (χ0v) is 49.7. The van der Waals surface area contributed by atoms with Gasteiger partial charge in [-0.3, -0.25) is 14.6 Å². The highest BCUT2D eigenvalue weighted by atomic mass is 35.5. The van der Waals surface area contributed by atoms with Crippen LogP contribution in [0.1, 0.15) is 145 Å². The highest BCUT2D eigenvalue weighted by molar-refractivity contribution is 6.62. The lowest BCUT2D eigenvalue weighted by atomic mass is 9.77. The number of aryl methyl sites for hydroxylation is 2. The van der Waals surface area contributed by atoms with E-state index < -0.39 is 36.1 Å². The van der Waals surface area contributed by atoms with E-state index in [9.17, 15) is 31.9 Å². The summed E-state index contributed by atoms with van der Waals surface area (Å²) in [7, 11) is -0.405. The number of benzene rings is 4. The first-order valence-electron chi connectivity index (χ1n) is 28.6. The minimum Gasteiger partial charge on any atom is -0.444 e. The summed E-state index contributed by atoms with van der Waals surface area (Å²) in [5.74, 6) is -0.110. The van der Waals surface area contributed by atoms with Crippen LogP contribution in [-0.4, -0.2) is 64.1 Å². The second-order valence-corrected chi connectivity index (χ2v) is 25.9. The summed E-state index contributed by atoms with van der Waals surface area (Å²) < 4.78 is 88.8. The molecule has 5 fully saturated rings. The second kappa shape index (κ2) is 21.1. The molecule has 7 aliphatic rings. The molecule has 0 bridgehead atoms. The summed E-state index contributed by atoms with van der Waals surface area (Å²) in [6.45, 7) is 17.6. The molecule has 0 unspecified atom stereocenters. The van der Waals surface area contributed by atoms with E-state index in [1.54, 1.807) is 18.2 Å². The number of carbonyl (C=O) groups excluding carboxylic acids is 3. The van der Waals surface area contributed by atoms with Gasteiger partial charge in [-0.1, -0.05) is 78.3 Å². The molecule has 4 aliphatic carbocycles. The number of alkyl carbamates (subject to hydrolysis) is 1. The van der Waals surface area contributed by atoms with Crippen LogP contribution in [0.4, 0.5) is 22.4 Å². The third kappa shape index (κ3) is 12.5. The molecule has 2 aromatic heterocycles. The van der Waals surface area contributed by atoms with Crippen LogP contribution in [0.2, 0.25) is 5.15 Å². The first kappa shape index (κ1) is 59.7. The standard InChI is InChI=1S/C27H24F2N2O3.C20H30BNO4.C18H14ClF2NO3/c1-16-5-7-20(31-24(16)17-3-2-4-19(13-17)26(30)11-12-26)15-23(32)25(9-10-25)18-6-8-21-22(14-18)34-27(28,29)33-21;1-17(2,3)24-16(23)22-20(11-12-20)14-9-8-10-15(13-14)21-25-18(4,5)19(6,7)26-21;1-10-2-4-12(22-16(10)19)9-15(23)17(6-7-17)11-3-5-13-14(8-11)25-18(20,21)24-13/h2-8,13-14H,9-12,15,30H2,1H3;8-10,13H,11-12H2,1-7H3,(H,22,23);2-5,8H,6-7,9H2,1H3. The fourth-order valence-electron chi connectivity index (χ4n) is 10.9. The van der Waals surface area contributed by atoms with Crippen LogP contribution in [0, 0.1) is 13.8 Å². The molecular weight excluding hydrogens is 1120 g/mol. The normalized spacial score (nSPS) is 20.6. The van der Waals surface area contributed by atoms with Crippen molar-refractivity contribution in [2.75, 3.05) is 0 Å². The van der Waals surface area contributed by atoms with Crippen LogP contribution in [0.15, 0.2) is 109 Å². The largest absolute Gasteiger partial charge is 0.586 e. The minimum atomic E-state index is -3.68. The van der Waals surface area contributed by atoms with Crippen molar-refractivity contribution in [1.82, 2.24) is 15.3 Å². The van der Waals surface area contributed by atoms with Crippen molar-refractivity contribution < 1.29 is 64.9 Å². The van der Waals surface area contributed by atoms with Crippen LogP contribution >= 0.6 is 11.6 Å². The average Bonchev–Trinajstić information content (AvgIpc) is 1.73. The van der Waals surface area contributed by atoms with Gasteiger partial charge in [-0.15, -0.1) is 17.6 Å². The summed E-state index contributed by atoms with van der Waals surface area (Å²) in [5, 5.41) is 3.42. The molecule has 0 atom stereocenters. The fraction of sp³-hybridized carbons (Fsp3) is 0.431. The van der Waals surface area contributed by atoms with Crippen molar-refractivity contribution in [2.24, 2.45) is 5.73 Å². The summed E-state index contributed by atoms with van der Waals surface area (Å²) >= 11 is 6.01. The third-order valence-corrected chi connectivity index (χ3v) is 17.7. The number of ketones is 2. The van der Waals surface area contributed by atoms with E-state index in [0.717, 1.165) is 64.7 Å². The number of rotatable bonds is 13. The molecule has 4 aromatic carbocycles. The molecular formula is C65H68BClF4N4O10. The van der Waals surface area contributed by atoms with E-state index in [-0.39, 0.29) is 75.8 Å². The Kier molecular flexibility index (Phi) is 14.8. The number of alkyl halides is 4. The van der Waals surface area contributed by atoms with E-state index in [0.29, 0.717) is 53.4 Å². The molecule has 1 saturated heterocycles. The first-order chi connectivity index (χ1) is 39.8. The Bertz CT molecular complexity index is 3630. The smallest absolute Gasteiger partial charge is 0.444 e. The molecule has 0 radical (unpaired) electrons. The number of hydrogen-bond acceptors (Lipinski definition) is 13. The van der Waals surface area contributed by atoms with Gasteiger partial charge in [0, 0.05) is 35.3 Å². The number of fused-ring (bicyclic) bond motifs is 2. The van der Waals surface area contributed by atoms with Crippen LogP contribution in [0.25, 0.3) is 11.3 Å². The molecule has 14 nitrogen and oxygen atoms in total. The maximum Gasteiger partial charge on any atom is 0.586 e. The Morgan fingerprint density at radius 1 is 0.600 bits per heavy atom. The molecule has 85 heavy (non-hydrogen) atoms. The molecule has 3 N–H and O–H groups in total. The Hall–Kier alpha value is -7.06. The van der Waals surface area contributed by atoms with Crippen molar-refractivity contribution in [3.8, 4) is 34.3 Å². The average molecular weight is 1190 g/mol. The highest BCUT2D eigenvalue weighted by Gasteiger charge is 2.55. The van der Waals surface area contributed by atoms with E-state index in [1.807, 2.05) is 111 Å². The number of hydrogen-bond donors (Lipinski definition) is 2. The lowest BCUT2D eigenvalue weighted by Gasteiger charge is -2.32. The van der Waals surface area contributed by atoms with E-state index >= 15 is 0 Å². The minimum absolute atomic E-state index is 0.00875. The highest BCUT2D eigenvalue weighted by Crippen LogP contribution is 2.55. The van der Waals surface area contributed by atoms with Crippen molar-refractivity contribution >= 4 is 41.8 Å².